The second kappa shape index (κ2) is 7.07. The maximum absolute atomic E-state index is 4.81. The zero-order valence-electron chi connectivity index (χ0n) is 15.9. The molecule has 0 bridgehead atoms. The molecule has 3 aromatic heterocycles. The standard InChI is InChI=1S/C19H24BrN7/c1-19(2,3)15-13-27-16(23-15)5-6-17(24-27)25-7-4-8-26(10-9-25)18-21-11-14(20)12-22-18/h5-6,11-13H,4,7-10H2,1-3H3. The summed E-state index contributed by atoms with van der Waals surface area (Å²) < 4.78 is 2.80. The van der Waals surface area contributed by atoms with Crippen molar-refractivity contribution in [3.8, 4) is 0 Å². The summed E-state index contributed by atoms with van der Waals surface area (Å²) >= 11 is 3.39. The fourth-order valence-electron chi connectivity index (χ4n) is 3.22. The molecule has 0 N–H and O–H groups in total. The molecular weight excluding hydrogens is 406 g/mol. The third-order valence-electron chi connectivity index (χ3n) is 4.78. The first-order chi connectivity index (χ1) is 12.9. The van der Waals surface area contributed by atoms with Crippen molar-refractivity contribution in [3.63, 3.8) is 0 Å². The highest BCUT2D eigenvalue weighted by atomic mass is 79.9. The van der Waals surface area contributed by atoms with Crippen LogP contribution in [0.15, 0.2) is 35.2 Å². The van der Waals surface area contributed by atoms with Crippen molar-refractivity contribution in [1.82, 2.24) is 24.6 Å². The fraction of sp³-hybridized carbons (Fsp3) is 0.474. The normalized spacial score (nSPS) is 16.0. The van der Waals surface area contributed by atoms with E-state index in [0.717, 1.165) is 60.2 Å². The molecule has 0 saturated carbocycles. The zero-order chi connectivity index (χ0) is 19.0. The minimum atomic E-state index is 0.0155. The molecule has 1 saturated heterocycles. The lowest BCUT2D eigenvalue weighted by atomic mass is 9.93. The van der Waals surface area contributed by atoms with Gasteiger partial charge in [-0.2, -0.15) is 0 Å². The molecule has 7 nitrogen and oxygen atoms in total. The molecule has 3 aromatic rings. The topological polar surface area (TPSA) is 62.5 Å². The quantitative estimate of drug-likeness (QED) is 0.622. The summed E-state index contributed by atoms with van der Waals surface area (Å²) in [5.74, 6) is 1.77. The Hall–Kier alpha value is -2.22. The first kappa shape index (κ1) is 18.2. The molecule has 1 fully saturated rings. The summed E-state index contributed by atoms with van der Waals surface area (Å²) in [5.41, 5.74) is 1.96. The number of hydrogen-bond acceptors (Lipinski definition) is 6. The van der Waals surface area contributed by atoms with Gasteiger partial charge in [-0.15, -0.1) is 5.10 Å². The molecule has 27 heavy (non-hydrogen) atoms. The van der Waals surface area contributed by atoms with Gasteiger partial charge in [-0.3, -0.25) is 0 Å². The van der Waals surface area contributed by atoms with E-state index in [4.69, 9.17) is 10.1 Å². The van der Waals surface area contributed by atoms with E-state index in [-0.39, 0.29) is 5.41 Å². The van der Waals surface area contributed by atoms with E-state index in [1.165, 1.54) is 0 Å². The second-order valence-electron chi connectivity index (χ2n) is 7.90. The van der Waals surface area contributed by atoms with Crippen molar-refractivity contribution in [2.45, 2.75) is 32.6 Å². The molecule has 0 atom stereocenters. The summed E-state index contributed by atoms with van der Waals surface area (Å²) in [7, 11) is 0. The number of anilines is 2. The van der Waals surface area contributed by atoms with E-state index < -0.39 is 0 Å². The highest BCUT2D eigenvalue weighted by Gasteiger charge is 2.20. The van der Waals surface area contributed by atoms with Gasteiger partial charge in [0, 0.05) is 44.0 Å². The summed E-state index contributed by atoms with van der Waals surface area (Å²) in [5, 5.41) is 4.81. The Morgan fingerprint density at radius 2 is 1.67 bits per heavy atom. The molecule has 0 aromatic carbocycles. The van der Waals surface area contributed by atoms with Crippen LogP contribution in [0.3, 0.4) is 0 Å². The molecule has 4 rings (SSSR count). The lowest BCUT2D eigenvalue weighted by molar-refractivity contribution is 0.572. The van der Waals surface area contributed by atoms with Crippen LogP contribution in [0, 0.1) is 0 Å². The maximum Gasteiger partial charge on any atom is 0.225 e. The van der Waals surface area contributed by atoms with Crippen LogP contribution in [0.25, 0.3) is 5.65 Å². The first-order valence-corrected chi connectivity index (χ1v) is 10.0. The number of imidazole rings is 1. The van der Waals surface area contributed by atoms with Crippen molar-refractivity contribution in [1.29, 1.82) is 0 Å². The molecule has 8 heteroatoms. The lowest BCUT2D eigenvalue weighted by Crippen LogP contribution is -2.32. The number of nitrogens with zero attached hydrogens (tertiary/aromatic N) is 7. The smallest absolute Gasteiger partial charge is 0.225 e. The fourth-order valence-corrected chi connectivity index (χ4v) is 3.42. The van der Waals surface area contributed by atoms with Gasteiger partial charge >= 0.3 is 0 Å². The van der Waals surface area contributed by atoms with E-state index in [1.54, 1.807) is 12.4 Å². The van der Waals surface area contributed by atoms with E-state index in [2.05, 4.69) is 68.6 Å². The van der Waals surface area contributed by atoms with Crippen LogP contribution in [0.2, 0.25) is 0 Å². The second-order valence-corrected chi connectivity index (χ2v) is 8.82. The number of fused-ring (bicyclic) bond motifs is 1. The SMILES string of the molecule is CC(C)(C)c1cn2nc(N3CCCN(c4ncc(Br)cn4)CC3)ccc2n1. The molecule has 0 amide bonds. The van der Waals surface area contributed by atoms with Crippen LogP contribution in [0.4, 0.5) is 11.8 Å². The lowest BCUT2D eigenvalue weighted by Gasteiger charge is -2.22. The van der Waals surface area contributed by atoms with Gasteiger partial charge < -0.3 is 9.80 Å². The van der Waals surface area contributed by atoms with Crippen molar-refractivity contribution >= 4 is 33.3 Å². The van der Waals surface area contributed by atoms with Gasteiger partial charge in [-0.05, 0) is 34.5 Å². The molecule has 0 aliphatic carbocycles. The predicted molar refractivity (Wildman–Crippen MR) is 110 cm³/mol. The summed E-state index contributed by atoms with van der Waals surface area (Å²) in [6.45, 7) is 10.2. The average molecular weight is 430 g/mol. The van der Waals surface area contributed by atoms with Crippen LogP contribution >= 0.6 is 15.9 Å². The van der Waals surface area contributed by atoms with Gasteiger partial charge in [0.1, 0.15) is 5.82 Å². The Morgan fingerprint density at radius 1 is 0.963 bits per heavy atom. The third-order valence-corrected chi connectivity index (χ3v) is 5.19. The number of aromatic nitrogens is 5. The van der Waals surface area contributed by atoms with Gasteiger partial charge in [-0.25, -0.2) is 19.5 Å². The molecule has 4 heterocycles. The number of halogens is 1. The molecule has 0 radical (unpaired) electrons. The molecule has 0 unspecified atom stereocenters. The Kier molecular flexibility index (Phi) is 4.75. The largest absolute Gasteiger partial charge is 0.353 e. The monoisotopic (exact) mass is 429 g/mol. The van der Waals surface area contributed by atoms with Gasteiger partial charge in [0.15, 0.2) is 5.65 Å². The van der Waals surface area contributed by atoms with Gasteiger partial charge in [-0.1, -0.05) is 20.8 Å². The first-order valence-electron chi connectivity index (χ1n) is 9.24. The highest BCUT2D eigenvalue weighted by Crippen LogP contribution is 2.23. The Bertz CT molecular complexity index is 929. The van der Waals surface area contributed by atoms with E-state index in [9.17, 15) is 0 Å². The molecule has 142 valence electrons. The third kappa shape index (κ3) is 3.90. The average Bonchev–Trinajstić information content (AvgIpc) is 2.92. The summed E-state index contributed by atoms with van der Waals surface area (Å²) in [6.07, 6.45) is 6.67. The van der Waals surface area contributed by atoms with E-state index in [0.29, 0.717) is 0 Å². The van der Waals surface area contributed by atoms with E-state index >= 15 is 0 Å². The number of hydrogen-bond donors (Lipinski definition) is 0. The maximum atomic E-state index is 4.81. The Morgan fingerprint density at radius 3 is 2.41 bits per heavy atom. The molecule has 1 aliphatic heterocycles. The van der Waals surface area contributed by atoms with Crippen molar-refractivity contribution in [3.05, 3.63) is 40.9 Å². The summed E-state index contributed by atoms with van der Waals surface area (Å²) in [4.78, 5) is 18.1. The van der Waals surface area contributed by atoms with E-state index in [1.807, 2.05) is 10.7 Å². The van der Waals surface area contributed by atoms with Gasteiger partial charge in [0.05, 0.1) is 16.4 Å². The van der Waals surface area contributed by atoms with Gasteiger partial charge in [0.2, 0.25) is 5.95 Å². The van der Waals surface area contributed by atoms with Crippen molar-refractivity contribution in [2.75, 3.05) is 36.0 Å². The number of rotatable bonds is 2. The van der Waals surface area contributed by atoms with Crippen LogP contribution in [-0.4, -0.2) is 50.7 Å². The van der Waals surface area contributed by atoms with Crippen LogP contribution in [0.1, 0.15) is 32.9 Å². The Balaban J connectivity index is 1.52. The minimum absolute atomic E-state index is 0.0155. The summed E-state index contributed by atoms with van der Waals surface area (Å²) in [6, 6.07) is 4.12. The van der Waals surface area contributed by atoms with Crippen LogP contribution < -0.4 is 9.80 Å². The van der Waals surface area contributed by atoms with Gasteiger partial charge in [0.25, 0.3) is 0 Å². The Labute approximate surface area is 167 Å². The zero-order valence-corrected chi connectivity index (χ0v) is 17.5. The molecular formula is C19H24BrN7. The molecule has 1 aliphatic rings. The minimum Gasteiger partial charge on any atom is -0.353 e. The predicted octanol–water partition coefficient (Wildman–Crippen LogP) is 3.30. The van der Waals surface area contributed by atoms with Crippen molar-refractivity contribution < 1.29 is 0 Å². The van der Waals surface area contributed by atoms with Crippen LogP contribution in [-0.2, 0) is 5.41 Å². The molecule has 0 spiro atoms. The highest BCUT2D eigenvalue weighted by molar-refractivity contribution is 9.10. The van der Waals surface area contributed by atoms with Crippen LogP contribution in [0.5, 0.6) is 0 Å². The van der Waals surface area contributed by atoms with Crippen molar-refractivity contribution in [2.24, 2.45) is 0 Å².